The van der Waals surface area contributed by atoms with Crippen LogP contribution in [0.25, 0.3) is 0 Å². The molecule has 0 atom stereocenters. The van der Waals surface area contributed by atoms with Gasteiger partial charge in [-0.15, -0.1) is 0 Å². The molecule has 1 heterocycles. The van der Waals surface area contributed by atoms with Crippen molar-refractivity contribution >= 4 is 26.7 Å². The van der Waals surface area contributed by atoms with Gasteiger partial charge in [-0.3, -0.25) is 19.9 Å². The van der Waals surface area contributed by atoms with Crippen LogP contribution >= 0.6 is 0 Å². The fourth-order valence-corrected chi connectivity index (χ4v) is 3.31. The van der Waals surface area contributed by atoms with Gasteiger partial charge < -0.3 is 0 Å². The summed E-state index contributed by atoms with van der Waals surface area (Å²) in [7, 11) is -4.20. The Hall–Kier alpha value is -2.02. The maximum absolute atomic E-state index is 12.2. The van der Waals surface area contributed by atoms with Gasteiger partial charge in [0, 0.05) is 13.0 Å². The zero-order valence-electron chi connectivity index (χ0n) is 11.8. The van der Waals surface area contributed by atoms with Gasteiger partial charge in [-0.1, -0.05) is 32.0 Å². The highest BCUT2D eigenvalue weighted by molar-refractivity contribution is 8.08. The SMILES string of the molecule is CC1(C)CC(=O)N(C(=O)C(=N)S(=O)(=O)c2ccccc2)C1. The maximum atomic E-state index is 12.2. The number of amides is 2. The Morgan fingerprint density at radius 1 is 1.24 bits per heavy atom. The molecule has 7 heteroatoms. The van der Waals surface area contributed by atoms with Crippen molar-refractivity contribution in [2.75, 3.05) is 6.54 Å². The summed E-state index contributed by atoms with van der Waals surface area (Å²) in [4.78, 5) is 24.7. The Bertz CT molecular complexity index is 708. The third-order valence-corrected chi connectivity index (χ3v) is 4.88. The molecule has 0 aliphatic carbocycles. The van der Waals surface area contributed by atoms with E-state index in [2.05, 4.69) is 0 Å². The first-order chi connectivity index (χ1) is 9.65. The summed E-state index contributed by atoms with van der Waals surface area (Å²) < 4.78 is 24.4. The van der Waals surface area contributed by atoms with E-state index in [-0.39, 0.29) is 17.9 Å². The molecule has 2 rings (SSSR count). The number of nitrogens with one attached hydrogen (secondary N) is 1. The second-order valence-electron chi connectivity index (χ2n) is 5.77. The summed E-state index contributed by atoms with van der Waals surface area (Å²) in [5.74, 6) is -1.51. The zero-order valence-corrected chi connectivity index (χ0v) is 12.6. The summed E-state index contributed by atoms with van der Waals surface area (Å²) in [5.41, 5.74) is -0.399. The molecule has 1 aliphatic rings. The van der Waals surface area contributed by atoms with Crippen molar-refractivity contribution < 1.29 is 18.0 Å². The van der Waals surface area contributed by atoms with Crippen LogP contribution in [0.1, 0.15) is 20.3 Å². The Morgan fingerprint density at radius 3 is 2.29 bits per heavy atom. The molecule has 0 spiro atoms. The summed E-state index contributed by atoms with van der Waals surface area (Å²) in [5, 5.41) is 6.62. The number of rotatable bonds is 1. The van der Waals surface area contributed by atoms with Gasteiger partial charge in [-0.25, -0.2) is 8.42 Å². The first-order valence-corrected chi connectivity index (χ1v) is 7.87. The lowest BCUT2D eigenvalue weighted by molar-refractivity contribution is -0.137. The summed E-state index contributed by atoms with van der Waals surface area (Å²) in [6, 6.07) is 7.28. The third-order valence-electron chi connectivity index (χ3n) is 3.28. The predicted molar refractivity (Wildman–Crippen MR) is 76.5 cm³/mol. The highest BCUT2D eigenvalue weighted by atomic mass is 32.2. The first kappa shape index (κ1) is 15.4. The van der Waals surface area contributed by atoms with E-state index in [9.17, 15) is 18.0 Å². The van der Waals surface area contributed by atoms with E-state index in [1.807, 2.05) is 13.8 Å². The van der Waals surface area contributed by atoms with Gasteiger partial charge in [0.2, 0.25) is 20.8 Å². The largest absolute Gasteiger partial charge is 0.290 e. The average molecular weight is 308 g/mol. The van der Waals surface area contributed by atoms with Crippen LogP contribution < -0.4 is 0 Å². The second-order valence-corrected chi connectivity index (χ2v) is 7.66. The van der Waals surface area contributed by atoms with Crippen LogP contribution in [0.5, 0.6) is 0 Å². The van der Waals surface area contributed by atoms with Gasteiger partial charge in [-0.2, -0.15) is 0 Å². The molecule has 6 nitrogen and oxygen atoms in total. The van der Waals surface area contributed by atoms with E-state index in [4.69, 9.17) is 5.41 Å². The van der Waals surface area contributed by atoms with E-state index < -0.39 is 32.1 Å². The number of hydrogen-bond acceptors (Lipinski definition) is 5. The van der Waals surface area contributed by atoms with Crippen LogP contribution in [0.2, 0.25) is 0 Å². The first-order valence-electron chi connectivity index (χ1n) is 6.38. The van der Waals surface area contributed by atoms with E-state index >= 15 is 0 Å². The van der Waals surface area contributed by atoms with Crippen molar-refractivity contribution in [1.82, 2.24) is 4.90 Å². The molecule has 0 radical (unpaired) electrons. The molecular formula is C14H16N2O4S. The zero-order chi connectivity index (χ0) is 15.8. The molecule has 21 heavy (non-hydrogen) atoms. The van der Waals surface area contributed by atoms with E-state index in [1.165, 1.54) is 24.3 Å². The van der Waals surface area contributed by atoms with Gasteiger partial charge in [0.15, 0.2) is 0 Å². The van der Waals surface area contributed by atoms with Gasteiger partial charge in [0.25, 0.3) is 5.91 Å². The van der Waals surface area contributed by atoms with Crippen LogP contribution in [0.3, 0.4) is 0 Å². The standard InChI is InChI=1S/C14H16N2O4S/c1-14(2)8-11(17)16(9-14)13(18)12(15)21(19,20)10-6-4-3-5-7-10/h3-7,15H,8-9H2,1-2H3. The van der Waals surface area contributed by atoms with Crippen LogP contribution in [0.4, 0.5) is 0 Å². The average Bonchev–Trinajstić information content (AvgIpc) is 2.71. The van der Waals surface area contributed by atoms with Crippen molar-refractivity contribution in [2.45, 2.75) is 25.2 Å². The Balaban J connectivity index is 2.29. The molecule has 1 aromatic carbocycles. The third kappa shape index (κ3) is 2.87. The summed E-state index contributed by atoms with van der Waals surface area (Å²) in [6.45, 7) is 3.75. The number of carbonyl (C=O) groups is 2. The second kappa shape index (κ2) is 5.07. The Morgan fingerprint density at radius 2 is 1.81 bits per heavy atom. The Kier molecular flexibility index (Phi) is 3.71. The van der Waals surface area contributed by atoms with Crippen molar-refractivity contribution in [3.05, 3.63) is 30.3 Å². The number of carbonyl (C=O) groups excluding carboxylic acids is 2. The molecule has 1 aromatic rings. The van der Waals surface area contributed by atoms with Crippen molar-refractivity contribution in [3.8, 4) is 0 Å². The number of nitrogens with zero attached hydrogens (tertiary/aromatic N) is 1. The summed E-state index contributed by atoms with van der Waals surface area (Å²) >= 11 is 0. The van der Waals surface area contributed by atoms with Gasteiger partial charge >= 0.3 is 0 Å². The van der Waals surface area contributed by atoms with Crippen LogP contribution in [0.15, 0.2) is 35.2 Å². The molecule has 0 unspecified atom stereocenters. The molecule has 1 N–H and O–H groups in total. The minimum atomic E-state index is -4.20. The monoisotopic (exact) mass is 308 g/mol. The smallest absolute Gasteiger partial charge is 0.284 e. The van der Waals surface area contributed by atoms with E-state index in [0.29, 0.717) is 0 Å². The van der Waals surface area contributed by atoms with Crippen molar-refractivity contribution in [2.24, 2.45) is 5.41 Å². The van der Waals surface area contributed by atoms with Gasteiger partial charge in [0.1, 0.15) is 0 Å². The van der Waals surface area contributed by atoms with Crippen LogP contribution in [-0.4, -0.2) is 36.7 Å². The molecule has 112 valence electrons. The molecule has 1 fully saturated rings. The quantitative estimate of drug-likeness (QED) is 0.623. The van der Waals surface area contributed by atoms with Gasteiger partial charge in [-0.05, 0) is 17.5 Å². The molecular weight excluding hydrogens is 292 g/mol. The number of imide groups is 1. The molecule has 0 bridgehead atoms. The Labute approximate surface area is 123 Å². The number of sulfone groups is 1. The molecule has 1 saturated heterocycles. The maximum Gasteiger partial charge on any atom is 0.290 e. The van der Waals surface area contributed by atoms with E-state index in [0.717, 1.165) is 4.90 Å². The molecule has 2 amide bonds. The fourth-order valence-electron chi connectivity index (χ4n) is 2.22. The lowest BCUT2D eigenvalue weighted by Crippen LogP contribution is -2.41. The lowest BCUT2D eigenvalue weighted by atomic mass is 9.93. The lowest BCUT2D eigenvalue weighted by Gasteiger charge is -2.18. The minimum Gasteiger partial charge on any atom is -0.284 e. The molecule has 1 aliphatic heterocycles. The number of hydrogen-bond donors (Lipinski definition) is 1. The highest BCUT2D eigenvalue weighted by Crippen LogP contribution is 2.30. The van der Waals surface area contributed by atoms with Crippen LogP contribution in [0, 0.1) is 10.8 Å². The van der Waals surface area contributed by atoms with Crippen LogP contribution in [-0.2, 0) is 19.4 Å². The van der Waals surface area contributed by atoms with Gasteiger partial charge in [0.05, 0.1) is 4.90 Å². The minimum absolute atomic E-state index is 0.122. The van der Waals surface area contributed by atoms with Crippen molar-refractivity contribution in [1.29, 1.82) is 5.41 Å². The normalized spacial score (nSPS) is 17.8. The molecule has 0 aromatic heterocycles. The predicted octanol–water partition coefficient (Wildman–Crippen LogP) is 1.22. The van der Waals surface area contributed by atoms with Crippen molar-refractivity contribution in [3.63, 3.8) is 0 Å². The highest BCUT2D eigenvalue weighted by Gasteiger charge is 2.42. The topological polar surface area (TPSA) is 95.4 Å². The number of benzene rings is 1. The fraction of sp³-hybridized carbons (Fsp3) is 0.357. The number of likely N-dealkylation sites (tertiary alicyclic amines) is 1. The molecule has 0 saturated carbocycles. The summed E-state index contributed by atoms with van der Waals surface area (Å²) in [6.07, 6.45) is 0.164. The van der Waals surface area contributed by atoms with E-state index in [1.54, 1.807) is 6.07 Å².